The number of ether oxygens (including phenoxy) is 1. The first-order chi connectivity index (χ1) is 14.1. The molecule has 0 bridgehead atoms. The van der Waals surface area contributed by atoms with Crippen LogP contribution < -0.4 is 15.2 Å². The van der Waals surface area contributed by atoms with Crippen LogP contribution in [-0.4, -0.2) is 27.6 Å². The Morgan fingerprint density at radius 3 is 2.60 bits per heavy atom. The van der Waals surface area contributed by atoms with Crippen molar-refractivity contribution in [2.75, 3.05) is 11.6 Å². The second-order valence-electron chi connectivity index (χ2n) is 6.27. The Kier molecular flexibility index (Phi) is 5.00. The monoisotopic (exact) mass is 458 g/mol. The highest BCUT2D eigenvalue weighted by Crippen LogP contribution is 2.41. The van der Waals surface area contributed by atoms with Crippen LogP contribution in [-0.2, 0) is 11.0 Å². The third-order valence-corrected chi connectivity index (χ3v) is 4.96. The van der Waals surface area contributed by atoms with Crippen LogP contribution in [0.2, 0.25) is 10.0 Å². The second-order valence-corrected chi connectivity index (χ2v) is 7.08. The Morgan fingerprint density at radius 2 is 1.97 bits per heavy atom. The van der Waals surface area contributed by atoms with E-state index in [9.17, 15) is 18.0 Å². The molecule has 2 aromatic carbocycles. The average Bonchev–Trinajstić information content (AvgIpc) is 3.30. The lowest BCUT2D eigenvalue weighted by atomic mass is 10.1. The van der Waals surface area contributed by atoms with Gasteiger partial charge in [-0.05, 0) is 18.2 Å². The van der Waals surface area contributed by atoms with E-state index >= 15 is 0 Å². The highest BCUT2D eigenvalue weighted by atomic mass is 35.5. The number of nitrogens with zero attached hydrogens (tertiary/aromatic N) is 2. The van der Waals surface area contributed by atoms with Gasteiger partial charge in [0.15, 0.2) is 0 Å². The third kappa shape index (κ3) is 3.89. The largest absolute Gasteiger partial charge is 0.478 e. The summed E-state index contributed by atoms with van der Waals surface area (Å²) in [6.45, 7) is 0.0475. The van der Waals surface area contributed by atoms with Gasteiger partial charge in [-0.25, -0.2) is 15.2 Å². The molecule has 0 saturated carbocycles. The fourth-order valence-electron chi connectivity index (χ4n) is 2.80. The molecule has 12 heteroatoms. The highest BCUT2D eigenvalue weighted by molar-refractivity contribution is 6.42. The number of carboxylic acids is 1. The van der Waals surface area contributed by atoms with Gasteiger partial charge in [-0.1, -0.05) is 23.2 Å². The number of rotatable bonds is 4. The number of halogens is 5. The van der Waals surface area contributed by atoms with Crippen molar-refractivity contribution in [1.82, 2.24) is 15.4 Å². The lowest BCUT2D eigenvalue weighted by Gasteiger charge is -2.14. The molecule has 156 valence electrons. The number of anilines is 1. The summed E-state index contributed by atoms with van der Waals surface area (Å²) >= 11 is 11.7. The highest BCUT2D eigenvalue weighted by Gasteiger charge is 2.36. The van der Waals surface area contributed by atoms with Crippen LogP contribution in [0.4, 0.5) is 19.1 Å². The van der Waals surface area contributed by atoms with Crippen LogP contribution in [0.25, 0.3) is 11.0 Å². The Balaban J connectivity index is 1.75. The molecule has 0 atom stereocenters. The topological polar surface area (TPSA) is 90.5 Å². The standard InChI is InChI=1S/C18H11Cl2F3N4O3/c19-11-2-1-9(3-12(11)20)30-15-5-14-13(4-10(15)18(21,22)23)25-17(26-14)27-7-8(6-24-27)16(28)29/h1-5,7,24H,6H2,(H,25,26)(H,28,29). The van der Waals surface area contributed by atoms with Gasteiger partial charge in [0, 0.05) is 24.9 Å². The number of aromatic amines is 1. The summed E-state index contributed by atoms with van der Waals surface area (Å²) in [5.74, 6) is -1.39. The number of H-pyrrole nitrogens is 1. The molecule has 1 aliphatic rings. The third-order valence-electron chi connectivity index (χ3n) is 4.22. The Morgan fingerprint density at radius 1 is 1.20 bits per heavy atom. The van der Waals surface area contributed by atoms with E-state index in [-0.39, 0.29) is 44.9 Å². The minimum absolute atomic E-state index is 0.0475. The van der Waals surface area contributed by atoms with E-state index in [0.29, 0.717) is 0 Å². The summed E-state index contributed by atoms with van der Waals surface area (Å²) in [6, 6.07) is 6.11. The van der Waals surface area contributed by atoms with E-state index in [2.05, 4.69) is 15.4 Å². The van der Waals surface area contributed by atoms with Gasteiger partial charge < -0.3 is 14.8 Å². The van der Waals surface area contributed by atoms with Crippen molar-refractivity contribution in [1.29, 1.82) is 0 Å². The van der Waals surface area contributed by atoms with Gasteiger partial charge in [-0.3, -0.25) is 5.01 Å². The van der Waals surface area contributed by atoms with Crippen LogP contribution in [0.15, 0.2) is 42.1 Å². The molecule has 4 rings (SSSR count). The van der Waals surface area contributed by atoms with Crippen molar-refractivity contribution >= 4 is 46.2 Å². The molecule has 0 aliphatic carbocycles. The van der Waals surface area contributed by atoms with Crippen LogP contribution >= 0.6 is 23.2 Å². The molecule has 2 heterocycles. The molecule has 7 nitrogen and oxygen atoms in total. The number of carboxylic acid groups (broad SMARTS) is 1. The van der Waals surface area contributed by atoms with E-state index < -0.39 is 23.5 Å². The van der Waals surface area contributed by atoms with Crippen molar-refractivity contribution in [2.45, 2.75) is 6.18 Å². The van der Waals surface area contributed by atoms with E-state index in [4.69, 9.17) is 33.0 Å². The quantitative estimate of drug-likeness (QED) is 0.511. The lowest BCUT2D eigenvalue weighted by Crippen LogP contribution is -2.29. The number of alkyl halides is 3. The normalized spacial score (nSPS) is 14.3. The van der Waals surface area contributed by atoms with Crippen LogP contribution in [0, 0.1) is 0 Å². The number of hydrogen-bond donors (Lipinski definition) is 3. The van der Waals surface area contributed by atoms with Crippen molar-refractivity contribution in [2.24, 2.45) is 0 Å². The minimum Gasteiger partial charge on any atom is -0.478 e. The van der Waals surface area contributed by atoms with Gasteiger partial charge in [0.1, 0.15) is 17.1 Å². The summed E-state index contributed by atoms with van der Waals surface area (Å²) in [5.41, 5.74) is 2.10. The molecule has 0 amide bonds. The average molecular weight is 459 g/mol. The summed E-state index contributed by atoms with van der Waals surface area (Å²) in [7, 11) is 0. The number of hydrogen-bond acceptors (Lipinski definition) is 5. The number of fused-ring (bicyclic) bond motifs is 1. The van der Waals surface area contributed by atoms with Crippen LogP contribution in [0.5, 0.6) is 11.5 Å². The summed E-state index contributed by atoms with van der Waals surface area (Å²) < 4.78 is 46.3. The van der Waals surface area contributed by atoms with Crippen molar-refractivity contribution in [3.8, 4) is 11.5 Å². The lowest BCUT2D eigenvalue weighted by molar-refractivity contribution is -0.138. The maximum absolute atomic E-state index is 13.6. The molecular formula is C18H11Cl2F3N4O3. The molecule has 0 saturated heterocycles. The fraction of sp³-hybridized carbons (Fsp3) is 0.111. The molecule has 3 N–H and O–H groups in total. The Hall–Kier alpha value is -2.95. The van der Waals surface area contributed by atoms with E-state index in [0.717, 1.165) is 12.1 Å². The molecule has 1 aliphatic heterocycles. The second kappa shape index (κ2) is 7.38. The molecule has 1 aromatic heterocycles. The Bertz CT molecular complexity index is 1190. The number of aliphatic carboxylic acids is 1. The first-order valence-corrected chi connectivity index (χ1v) is 9.08. The van der Waals surface area contributed by atoms with E-state index in [1.165, 1.54) is 29.4 Å². The number of benzene rings is 2. The molecule has 0 spiro atoms. The summed E-state index contributed by atoms with van der Waals surface area (Å²) in [4.78, 5) is 18.0. The summed E-state index contributed by atoms with van der Waals surface area (Å²) in [5, 5.41) is 10.7. The molecule has 0 fully saturated rings. The molecule has 0 unspecified atom stereocenters. The van der Waals surface area contributed by atoms with Gasteiger partial charge in [0.2, 0.25) is 5.95 Å². The maximum atomic E-state index is 13.6. The molecule has 30 heavy (non-hydrogen) atoms. The first-order valence-electron chi connectivity index (χ1n) is 8.32. The van der Waals surface area contributed by atoms with Crippen molar-refractivity contribution in [3.63, 3.8) is 0 Å². The van der Waals surface area contributed by atoms with Crippen molar-refractivity contribution in [3.05, 3.63) is 57.7 Å². The predicted octanol–water partition coefficient (Wildman–Crippen LogP) is 4.97. The van der Waals surface area contributed by atoms with Gasteiger partial charge in [-0.15, -0.1) is 0 Å². The number of nitrogens with one attached hydrogen (secondary N) is 2. The van der Waals surface area contributed by atoms with Gasteiger partial charge >= 0.3 is 12.1 Å². The molecular weight excluding hydrogens is 448 g/mol. The van der Waals surface area contributed by atoms with Gasteiger partial charge in [0.25, 0.3) is 0 Å². The predicted molar refractivity (Wildman–Crippen MR) is 104 cm³/mol. The number of imidazole rings is 1. The van der Waals surface area contributed by atoms with Crippen LogP contribution in [0.3, 0.4) is 0 Å². The zero-order valence-electron chi connectivity index (χ0n) is 14.7. The zero-order chi connectivity index (χ0) is 21.6. The zero-order valence-corrected chi connectivity index (χ0v) is 16.2. The number of aromatic nitrogens is 2. The van der Waals surface area contributed by atoms with Crippen LogP contribution in [0.1, 0.15) is 5.56 Å². The summed E-state index contributed by atoms with van der Waals surface area (Å²) in [6.07, 6.45) is -3.41. The van der Waals surface area contributed by atoms with Gasteiger partial charge in [-0.2, -0.15) is 13.2 Å². The Labute approximate surface area is 176 Å². The van der Waals surface area contributed by atoms with E-state index in [1.54, 1.807) is 0 Å². The van der Waals surface area contributed by atoms with Crippen molar-refractivity contribution < 1.29 is 27.8 Å². The molecule has 0 radical (unpaired) electrons. The number of carbonyl (C=O) groups is 1. The maximum Gasteiger partial charge on any atom is 0.420 e. The SMILES string of the molecule is O=C(O)C1=CN(c2nc3cc(Oc4ccc(Cl)c(Cl)c4)c(C(F)(F)F)cc3[nH]2)NC1. The minimum atomic E-state index is -4.70. The smallest absolute Gasteiger partial charge is 0.420 e. The first kappa shape index (κ1) is 20.3. The fourth-order valence-corrected chi connectivity index (χ4v) is 3.08. The van der Waals surface area contributed by atoms with E-state index in [1.807, 2.05) is 0 Å². The van der Waals surface area contributed by atoms with Gasteiger partial charge in [0.05, 0.1) is 26.7 Å². The molecule has 3 aromatic rings. The number of hydrazine groups is 1.